The molecule has 31 heavy (non-hydrogen) atoms. The zero-order valence-electron chi connectivity index (χ0n) is 17.5. The third-order valence-electron chi connectivity index (χ3n) is 5.86. The number of likely N-dealkylation sites (tertiary alicyclic amines) is 1. The molecule has 0 bridgehead atoms. The smallest absolute Gasteiger partial charge is 0.287 e. The lowest BCUT2D eigenvalue weighted by molar-refractivity contribution is -0.134. The zero-order chi connectivity index (χ0) is 21.6. The van der Waals surface area contributed by atoms with Crippen LogP contribution in [0.3, 0.4) is 0 Å². The third kappa shape index (κ3) is 3.78. The summed E-state index contributed by atoms with van der Waals surface area (Å²) in [6, 6.07) is 7.55. The van der Waals surface area contributed by atoms with Crippen LogP contribution in [0.4, 0.5) is 0 Å². The number of nitrogens with zero attached hydrogens (tertiary/aromatic N) is 4. The molecule has 1 aromatic carbocycles. The van der Waals surface area contributed by atoms with Gasteiger partial charge in [0.15, 0.2) is 18.1 Å². The van der Waals surface area contributed by atoms with Crippen molar-refractivity contribution in [3.8, 4) is 11.5 Å². The number of rotatable bonds is 4. The Morgan fingerprint density at radius 1 is 1.29 bits per heavy atom. The molecule has 1 fully saturated rings. The van der Waals surface area contributed by atoms with Crippen molar-refractivity contribution in [2.45, 2.75) is 44.8 Å². The van der Waals surface area contributed by atoms with Crippen molar-refractivity contribution >= 4 is 27.5 Å². The first-order chi connectivity index (χ1) is 14.9. The SMILES string of the molecule is CC1(C)Cc2cccc(OCC(=O)N3CCC(n4nnc5ccsc5c4=O)CC3)c2O1. The van der Waals surface area contributed by atoms with Gasteiger partial charge >= 0.3 is 0 Å². The summed E-state index contributed by atoms with van der Waals surface area (Å²) in [6.45, 7) is 5.15. The lowest BCUT2D eigenvalue weighted by Crippen LogP contribution is -2.43. The van der Waals surface area contributed by atoms with E-state index in [2.05, 4.69) is 10.3 Å². The number of para-hydroxylation sites is 1. The average molecular weight is 441 g/mol. The summed E-state index contributed by atoms with van der Waals surface area (Å²) >= 11 is 1.38. The number of hydrogen-bond donors (Lipinski definition) is 0. The standard InChI is InChI=1S/C22H24N4O4S/c1-22(2)12-14-4-3-5-17(19(14)30-22)29-13-18(27)25-9-6-15(7-10-25)26-21(28)20-16(23-24-26)8-11-31-20/h3-5,8,11,15H,6-7,9-10,12-13H2,1-2H3. The molecule has 0 radical (unpaired) electrons. The van der Waals surface area contributed by atoms with Crippen LogP contribution in [0.2, 0.25) is 0 Å². The number of carbonyl (C=O) groups is 1. The van der Waals surface area contributed by atoms with Gasteiger partial charge in [-0.05, 0) is 44.2 Å². The maximum Gasteiger partial charge on any atom is 0.287 e. The molecule has 0 unspecified atom stereocenters. The molecule has 5 rings (SSSR count). The van der Waals surface area contributed by atoms with Crippen LogP contribution in [-0.2, 0) is 11.2 Å². The second-order valence-corrected chi connectivity index (χ2v) is 9.57. The van der Waals surface area contributed by atoms with Crippen molar-refractivity contribution in [3.63, 3.8) is 0 Å². The summed E-state index contributed by atoms with van der Waals surface area (Å²) in [7, 11) is 0. The number of piperidine rings is 1. The van der Waals surface area contributed by atoms with Crippen molar-refractivity contribution in [2.24, 2.45) is 0 Å². The fourth-order valence-corrected chi connectivity index (χ4v) is 5.07. The molecular weight excluding hydrogens is 416 g/mol. The minimum absolute atomic E-state index is 0.0359. The fraction of sp³-hybridized carbons (Fsp3) is 0.455. The van der Waals surface area contributed by atoms with E-state index < -0.39 is 0 Å². The van der Waals surface area contributed by atoms with E-state index in [0.717, 1.165) is 17.7 Å². The summed E-state index contributed by atoms with van der Waals surface area (Å²) in [4.78, 5) is 27.2. The van der Waals surface area contributed by atoms with Gasteiger partial charge in [0.25, 0.3) is 11.5 Å². The molecule has 1 amide bonds. The summed E-state index contributed by atoms with van der Waals surface area (Å²) in [6.07, 6.45) is 2.14. The summed E-state index contributed by atoms with van der Waals surface area (Å²) in [5, 5.41) is 10.1. The fourth-order valence-electron chi connectivity index (χ4n) is 4.31. The summed E-state index contributed by atoms with van der Waals surface area (Å²) < 4.78 is 13.9. The van der Waals surface area contributed by atoms with Crippen molar-refractivity contribution in [3.05, 3.63) is 45.6 Å². The predicted molar refractivity (Wildman–Crippen MR) is 117 cm³/mol. The van der Waals surface area contributed by atoms with Crippen LogP contribution < -0.4 is 15.0 Å². The first-order valence-electron chi connectivity index (χ1n) is 10.5. The number of fused-ring (bicyclic) bond motifs is 2. The second-order valence-electron chi connectivity index (χ2n) is 8.66. The van der Waals surface area contributed by atoms with Gasteiger partial charge in [-0.2, -0.15) is 0 Å². The quantitative estimate of drug-likeness (QED) is 0.620. The van der Waals surface area contributed by atoms with Crippen LogP contribution in [0.5, 0.6) is 11.5 Å². The Hall–Kier alpha value is -2.94. The van der Waals surface area contributed by atoms with Gasteiger partial charge < -0.3 is 14.4 Å². The summed E-state index contributed by atoms with van der Waals surface area (Å²) in [5.74, 6) is 1.28. The Kier molecular flexibility index (Phi) is 4.92. The van der Waals surface area contributed by atoms with Gasteiger partial charge in [-0.3, -0.25) is 9.59 Å². The summed E-state index contributed by atoms with van der Waals surface area (Å²) in [5.41, 5.74) is 1.37. The number of aromatic nitrogens is 3. The van der Waals surface area contributed by atoms with Gasteiger partial charge in [0, 0.05) is 25.1 Å². The topological polar surface area (TPSA) is 86.5 Å². The van der Waals surface area contributed by atoms with Crippen LogP contribution in [0, 0.1) is 0 Å². The van der Waals surface area contributed by atoms with Gasteiger partial charge in [-0.1, -0.05) is 17.3 Å². The minimum Gasteiger partial charge on any atom is -0.483 e. The van der Waals surface area contributed by atoms with Gasteiger partial charge in [0.2, 0.25) is 0 Å². The first kappa shape index (κ1) is 20.0. The number of ether oxygens (including phenoxy) is 2. The Morgan fingerprint density at radius 3 is 2.90 bits per heavy atom. The molecule has 2 aliphatic heterocycles. The lowest BCUT2D eigenvalue weighted by Gasteiger charge is -2.32. The third-order valence-corrected chi connectivity index (χ3v) is 6.76. The van der Waals surface area contributed by atoms with Gasteiger partial charge in [-0.25, -0.2) is 4.68 Å². The molecule has 0 N–H and O–H groups in total. The maximum atomic E-state index is 12.7. The normalized spacial score (nSPS) is 18.1. The molecule has 1 saturated heterocycles. The van der Waals surface area contributed by atoms with E-state index >= 15 is 0 Å². The number of benzene rings is 1. The Bertz CT molecular complexity index is 1190. The Labute approximate surface area is 183 Å². The number of thiophene rings is 1. The van der Waals surface area contributed by atoms with Gasteiger partial charge in [0.05, 0.1) is 6.04 Å². The Morgan fingerprint density at radius 2 is 2.10 bits per heavy atom. The first-order valence-corrected chi connectivity index (χ1v) is 11.3. The maximum absolute atomic E-state index is 12.7. The van der Waals surface area contributed by atoms with E-state index in [9.17, 15) is 9.59 Å². The van der Waals surface area contributed by atoms with Crippen LogP contribution in [0.25, 0.3) is 10.2 Å². The highest BCUT2D eigenvalue weighted by atomic mass is 32.1. The molecule has 0 spiro atoms. The van der Waals surface area contributed by atoms with E-state index in [4.69, 9.17) is 9.47 Å². The lowest BCUT2D eigenvalue weighted by atomic mass is 10.0. The van der Waals surface area contributed by atoms with E-state index in [1.165, 1.54) is 16.0 Å². The molecule has 2 aliphatic rings. The van der Waals surface area contributed by atoms with E-state index in [1.54, 1.807) is 11.0 Å². The molecule has 2 aromatic heterocycles. The molecule has 8 nitrogen and oxygen atoms in total. The van der Waals surface area contributed by atoms with Gasteiger partial charge in [0.1, 0.15) is 15.8 Å². The highest BCUT2D eigenvalue weighted by Crippen LogP contribution is 2.41. The minimum atomic E-state index is -0.263. The zero-order valence-corrected chi connectivity index (χ0v) is 18.4. The van der Waals surface area contributed by atoms with Gasteiger partial charge in [-0.15, -0.1) is 16.4 Å². The number of amides is 1. The monoisotopic (exact) mass is 440 g/mol. The average Bonchev–Trinajstić information content (AvgIpc) is 3.36. The molecule has 0 aliphatic carbocycles. The predicted octanol–water partition coefficient (Wildman–Crippen LogP) is 2.81. The van der Waals surface area contributed by atoms with Crippen molar-refractivity contribution in [1.29, 1.82) is 0 Å². The Balaban J connectivity index is 1.20. The van der Waals surface area contributed by atoms with Crippen LogP contribution in [0.15, 0.2) is 34.4 Å². The molecule has 9 heteroatoms. The number of carbonyl (C=O) groups excluding carboxylic acids is 1. The second kappa shape index (κ2) is 7.64. The van der Waals surface area contributed by atoms with Crippen molar-refractivity contribution in [1.82, 2.24) is 19.9 Å². The van der Waals surface area contributed by atoms with E-state index in [1.807, 2.05) is 37.4 Å². The number of hydrogen-bond acceptors (Lipinski definition) is 7. The van der Waals surface area contributed by atoms with Crippen LogP contribution in [0.1, 0.15) is 38.3 Å². The van der Waals surface area contributed by atoms with Crippen LogP contribution >= 0.6 is 11.3 Å². The van der Waals surface area contributed by atoms with E-state index in [-0.39, 0.29) is 29.7 Å². The molecule has 0 saturated carbocycles. The largest absolute Gasteiger partial charge is 0.483 e. The van der Waals surface area contributed by atoms with E-state index in [0.29, 0.717) is 41.9 Å². The highest BCUT2D eigenvalue weighted by Gasteiger charge is 2.33. The highest BCUT2D eigenvalue weighted by molar-refractivity contribution is 7.17. The van der Waals surface area contributed by atoms with Crippen molar-refractivity contribution < 1.29 is 14.3 Å². The molecule has 0 atom stereocenters. The molecule has 3 aromatic rings. The van der Waals surface area contributed by atoms with Crippen molar-refractivity contribution in [2.75, 3.05) is 19.7 Å². The molecule has 4 heterocycles. The van der Waals surface area contributed by atoms with Crippen LogP contribution in [-0.4, -0.2) is 51.1 Å². The molecular formula is C22H24N4O4S. The molecule has 162 valence electrons.